The van der Waals surface area contributed by atoms with Crippen LogP contribution in [0.25, 0.3) is 0 Å². The van der Waals surface area contributed by atoms with Gasteiger partial charge < -0.3 is 20.3 Å². The molecule has 4 N–H and O–H groups in total. The van der Waals surface area contributed by atoms with Crippen molar-refractivity contribution in [3.8, 4) is 0 Å². The summed E-state index contributed by atoms with van der Waals surface area (Å²) in [6.45, 7) is 1.13. The van der Waals surface area contributed by atoms with E-state index in [4.69, 9.17) is 5.11 Å². The van der Waals surface area contributed by atoms with Crippen molar-refractivity contribution in [3.05, 3.63) is 35.9 Å². The topological polar surface area (TPSA) is 115 Å². The summed E-state index contributed by atoms with van der Waals surface area (Å²) in [6, 6.07) is 7.33. The molecular formula is C11H13BO6. The predicted molar refractivity (Wildman–Crippen MR) is 62.7 cm³/mol. The van der Waals surface area contributed by atoms with E-state index in [0.29, 0.717) is 0 Å². The zero-order valence-electron chi connectivity index (χ0n) is 9.65. The van der Waals surface area contributed by atoms with E-state index in [1.165, 1.54) is 24.3 Å². The fraction of sp³-hybridized carbons (Fsp3) is 0.273. The Labute approximate surface area is 104 Å². The van der Waals surface area contributed by atoms with E-state index < -0.39 is 30.3 Å². The van der Waals surface area contributed by atoms with Crippen molar-refractivity contribution in [1.82, 2.24) is 0 Å². The van der Waals surface area contributed by atoms with Crippen LogP contribution < -0.4 is 0 Å². The zero-order chi connectivity index (χ0) is 13.9. The molecule has 1 aromatic rings. The first-order valence-electron chi connectivity index (χ1n) is 5.23. The Morgan fingerprint density at radius 1 is 1.17 bits per heavy atom. The number of carbonyl (C=O) groups is 2. The molecule has 0 bridgehead atoms. The molecule has 18 heavy (non-hydrogen) atoms. The van der Waals surface area contributed by atoms with E-state index in [1.54, 1.807) is 6.07 Å². The molecule has 2 unspecified atom stereocenters. The number of hydrogen-bond acceptors (Lipinski definition) is 4. The first kappa shape index (κ1) is 14.2. The van der Waals surface area contributed by atoms with Gasteiger partial charge in [0.2, 0.25) is 0 Å². The number of carboxylic acids is 2. The molecule has 0 saturated heterocycles. The molecular weight excluding hydrogens is 239 g/mol. The van der Waals surface area contributed by atoms with Gasteiger partial charge in [-0.2, -0.15) is 0 Å². The van der Waals surface area contributed by atoms with Crippen LogP contribution in [-0.4, -0.2) is 39.3 Å². The summed E-state index contributed by atoms with van der Waals surface area (Å²) in [5, 5.41) is 34.8. The second kappa shape index (κ2) is 5.20. The zero-order valence-corrected chi connectivity index (χ0v) is 9.65. The predicted octanol–water partition coefficient (Wildman–Crippen LogP) is -0.258. The Morgan fingerprint density at radius 2 is 1.67 bits per heavy atom. The Kier molecular flexibility index (Phi) is 4.10. The summed E-state index contributed by atoms with van der Waals surface area (Å²) in [7, 11) is -2.33. The van der Waals surface area contributed by atoms with E-state index in [1.807, 2.05) is 0 Å². The van der Waals surface area contributed by atoms with Crippen LogP contribution >= 0.6 is 0 Å². The number of benzene rings is 1. The van der Waals surface area contributed by atoms with Gasteiger partial charge in [-0.25, -0.2) is 0 Å². The van der Waals surface area contributed by atoms with Gasteiger partial charge in [0.1, 0.15) is 5.31 Å². The highest BCUT2D eigenvalue weighted by Crippen LogP contribution is 2.34. The molecule has 0 fully saturated rings. The minimum atomic E-state index is -2.33. The van der Waals surface area contributed by atoms with Gasteiger partial charge in [-0.3, -0.25) is 9.59 Å². The van der Waals surface area contributed by atoms with Crippen LogP contribution in [0.2, 0.25) is 0 Å². The van der Waals surface area contributed by atoms with Gasteiger partial charge in [0.15, 0.2) is 0 Å². The molecule has 0 heterocycles. The number of hydrogen-bond donors (Lipinski definition) is 4. The van der Waals surface area contributed by atoms with Crippen LogP contribution in [-0.2, 0) is 14.9 Å². The summed E-state index contributed by atoms with van der Waals surface area (Å²) in [5.41, 5.74) is 0.0300. The fourth-order valence-corrected chi connectivity index (χ4v) is 1.95. The van der Waals surface area contributed by atoms with Gasteiger partial charge in [0, 0.05) is 0 Å². The maximum atomic E-state index is 11.4. The smallest absolute Gasteiger partial charge is 0.475 e. The first-order valence-corrected chi connectivity index (χ1v) is 5.23. The third-order valence-electron chi connectivity index (χ3n) is 3.07. The van der Waals surface area contributed by atoms with E-state index in [-0.39, 0.29) is 5.56 Å². The lowest BCUT2D eigenvalue weighted by Crippen LogP contribution is -2.56. The lowest BCUT2D eigenvalue weighted by Gasteiger charge is -2.32. The lowest BCUT2D eigenvalue weighted by atomic mass is 9.49. The van der Waals surface area contributed by atoms with Gasteiger partial charge in [-0.1, -0.05) is 37.3 Å². The maximum Gasteiger partial charge on any atom is 0.475 e. The van der Waals surface area contributed by atoms with Crippen LogP contribution in [0.3, 0.4) is 0 Å². The Morgan fingerprint density at radius 3 is 2.00 bits per heavy atom. The van der Waals surface area contributed by atoms with Gasteiger partial charge in [0.25, 0.3) is 0 Å². The highest BCUT2D eigenvalue weighted by Gasteiger charge is 2.57. The second-order valence-corrected chi connectivity index (χ2v) is 3.97. The van der Waals surface area contributed by atoms with Crippen molar-refractivity contribution in [1.29, 1.82) is 0 Å². The van der Waals surface area contributed by atoms with Crippen LogP contribution in [0.1, 0.15) is 12.5 Å². The highest BCUT2D eigenvalue weighted by molar-refractivity contribution is 6.52. The average molecular weight is 252 g/mol. The second-order valence-electron chi connectivity index (χ2n) is 3.97. The van der Waals surface area contributed by atoms with Gasteiger partial charge >= 0.3 is 19.1 Å². The van der Waals surface area contributed by atoms with E-state index in [0.717, 1.165) is 6.92 Å². The van der Waals surface area contributed by atoms with Crippen LogP contribution in [0, 0.1) is 5.92 Å². The van der Waals surface area contributed by atoms with Crippen molar-refractivity contribution in [2.24, 2.45) is 5.92 Å². The molecule has 0 aliphatic heterocycles. The Hall–Kier alpha value is -1.86. The average Bonchev–Trinajstić information content (AvgIpc) is 2.30. The van der Waals surface area contributed by atoms with E-state index in [2.05, 4.69) is 0 Å². The first-order chi connectivity index (χ1) is 8.35. The number of aliphatic carboxylic acids is 2. The van der Waals surface area contributed by atoms with E-state index in [9.17, 15) is 24.7 Å². The van der Waals surface area contributed by atoms with Crippen molar-refractivity contribution in [2.75, 3.05) is 0 Å². The highest BCUT2D eigenvalue weighted by atomic mass is 16.4. The summed E-state index contributed by atoms with van der Waals surface area (Å²) in [5.74, 6) is -4.52. The summed E-state index contributed by atoms with van der Waals surface area (Å²) in [6.07, 6.45) is 0. The molecule has 0 amide bonds. The van der Waals surface area contributed by atoms with Crippen molar-refractivity contribution in [3.63, 3.8) is 0 Å². The monoisotopic (exact) mass is 252 g/mol. The largest absolute Gasteiger partial charge is 0.481 e. The minimum absolute atomic E-state index is 0.0300. The van der Waals surface area contributed by atoms with Gasteiger partial charge in [-0.15, -0.1) is 0 Å². The molecule has 96 valence electrons. The molecule has 1 rings (SSSR count). The summed E-state index contributed by atoms with van der Waals surface area (Å²) < 4.78 is 0. The summed E-state index contributed by atoms with van der Waals surface area (Å²) >= 11 is 0. The standard InChI is InChI=1S/C11H13BO6/c1-7(9(13)14)11(10(15)16,12(17)18)8-5-3-2-4-6-8/h2-7,17-18H,1H3,(H,13,14)(H,15,16). The third kappa shape index (κ3) is 2.10. The van der Waals surface area contributed by atoms with Crippen molar-refractivity contribution in [2.45, 2.75) is 12.2 Å². The lowest BCUT2D eigenvalue weighted by molar-refractivity contribution is -0.152. The van der Waals surface area contributed by atoms with E-state index >= 15 is 0 Å². The fourth-order valence-electron chi connectivity index (χ4n) is 1.95. The Bertz CT molecular complexity index is 446. The molecule has 0 aromatic heterocycles. The SMILES string of the molecule is CC(C(=O)O)C(B(O)O)(C(=O)O)c1ccccc1. The molecule has 2 atom stereocenters. The molecule has 0 aliphatic carbocycles. The van der Waals surface area contributed by atoms with Crippen LogP contribution in [0.4, 0.5) is 0 Å². The van der Waals surface area contributed by atoms with Gasteiger partial charge in [0.05, 0.1) is 5.92 Å². The maximum absolute atomic E-state index is 11.4. The number of carboxylic acid groups (broad SMARTS) is 2. The molecule has 0 radical (unpaired) electrons. The van der Waals surface area contributed by atoms with Crippen LogP contribution in [0.5, 0.6) is 0 Å². The minimum Gasteiger partial charge on any atom is -0.481 e. The number of rotatable bonds is 5. The Balaban J connectivity index is 3.51. The quantitative estimate of drug-likeness (QED) is 0.537. The summed E-state index contributed by atoms with van der Waals surface area (Å²) in [4.78, 5) is 22.5. The third-order valence-corrected chi connectivity index (χ3v) is 3.07. The molecule has 6 nitrogen and oxygen atoms in total. The van der Waals surface area contributed by atoms with Gasteiger partial charge in [-0.05, 0) is 5.56 Å². The van der Waals surface area contributed by atoms with Crippen LogP contribution in [0.15, 0.2) is 30.3 Å². The molecule has 0 saturated carbocycles. The van der Waals surface area contributed by atoms with Crippen molar-refractivity contribution >= 4 is 19.1 Å². The molecule has 0 aliphatic rings. The van der Waals surface area contributed by atoms with Crippen molar-refractivity contribution < 1.29 is 29.9 Å². The molecule has 7 heteroatoms. The molecule has 0 spiro atoms. The molecule has 1 aromatic carbocycles. The normalized spacial score (nSPS) is 15.5.